The summed E-state index contributed by atoms with van der Waals surface area (Å²) >= 11 is 1.63. The maximum atomic E-state index is 10.8. The molecule has 0 radical (unpaired) electrons. The van der Waals surface area contributed by atoms with Gasteiger partial charge in [-0.15, -0.1) is 11.3 Å². The zero-order valence-electron chi connectivity index (χ0n) is 13.5. The second-order valence-electron chi connectivity index (χ2n) is 6.16. The maximum absolute atomic E-state index is 10.8. The molecule has 5 nitrogen and oxygen atoms in total. The summed E-state index contributed by atoms with van der Waals surface area (Å²) in [7, 11) is 0. The van der Waals surface area contributed by atoms with E-state index in [1.807, 2.05) is 11.4 Å². The molecule has 3 aromatic rings. The van der Waals surface area contributed by atoms with E-state index in [4.69, 9.17) is 4.98 Å². The lowest BCUT2D eigenvalue weighted by atomic mass is 9.99. The molecule has 0 saturated carbocycles. The van der Waals surface area contributed by atoms with Crippen molar-refractivity contribution < 1.29 is 4.92 Å². The highest BCUT2D eigenvalue weighted by molar-refractivity contribution is 7.14. The Morgan fingerprint density at radius 1 is 1.12 bits per heavy atom. The molecule has 0 N–H and O–H groups in total. The van der Waals surface area contributed by atoms with Crippen molar-refractivity contribution in [1.29, 1.82) is 0 Å². The molecule has 1 aliphatic rings. The van der Waals surface area contributed by atoms with Gasteiger partial charge in [-0.3, -0.25) is 10.1 Å². The topological polar surface area (TPSA) is 59.3 Å². The van der Waals surface area contributed by atoms with Gasteiger partial charge in [0.2, 0.25) is 0 Å². The summed E-state index contributed by atoms with van der Waals surface area (Å²) < 4.78 is 0. The molecule has 0 amide bonds. The van der Waals surface area contributed by atoms with E-state index in [2.05, 4.69) is 29.2 Å². The molecule has 0 bridgehead atoms. The van der Waals surface area contributed by atoms with Gasteiger partial charge in [-0.05, 0) is 24.1 Å². The number of benzene rings is 2. The average Bonchev–Trinajstić information content (AvgIpc) is 3.32. The molecule has 1 fully saturated rings. The molecule has 6 heteroatoms. The van der Waals surface area contributed by atoms with Crippen LogP contribution in [-0.2, 0) is 0 Å². The number of anilines is 1. The zero-order valence-corrected chi connectivity index (χ0v) is 14.4. The molecule has 0 unspecified atom stereocenters. The first-order valence-electron chi connectivity index (χ1n) is 8.21. The summed E-state index contributed by atoms with van der Waals surface area (Å²) in [6.07, 6.45) is 1.14. The zero-order chi connectivity index (χ0) is 17.2. The summed E-state index contributed by atoms with van der Waals surface area (Å²) in [6, 6.07) is 17.2. The molecule has 1 aliphatic heterocycles. The van der Waals surface area contributed by atoms with Crippen LogP contribution in [0.25, 0.3) is 11.3 Å². The highest BCUT2D eigenvalue weighted by atomic mass is 32.1. The highest BCUT2D eigenvalue weighted by Crippen LogP contribution is 2.34. The predicted octanol–water partition coefficient (Wildman–Crippen LogP) is 4.71. The van der Waals surface area contributed by atoms with Crippen molar-refractivity contribution in [2.75, 3.05) is 18.0 Å². The fourth-order valence-corrected chi connectivity index (χ4v) is 4.10. The number of hydrogen-bond acceptors (Lipinski definition) is 5. The summed E-state index contributed by atoms with van der Waals surface area (Å²) in [5.41, 5.74) is 3.27. The lowest BCUT2D eigenvalue weighted by molar-refractivity contribution is -0.384. The van der Waals surface area contributed by atoms with Crippen LogP contribution in [0, 0.1) is 10.1 Å². The molecular formula is C19H17N3O2S. The predicted molar refractivity (Wildman–Crippen MR) is 100 cm³/mol. The minimum absolute atomic E-state index is 0.101. The van der Waals surface area contributed by atoms with Crippen LogP contribution in [-0.4, -0.2) is 23.0 Å². The summed E-state index contributed by atoms with van der Waals surface area (Å²) in [6.45, 7) is 1.99. The molecule has 0 spiro atoms. The molecule has 25 heavy (non-hydrogen) atoms. The summed E-state index contributed by atoms with van der Waals surface area (Å²) in [4.78, 5) is 17.4. The Bertz CT molecular complexity index is 877. The first-order valence-corrected chi connectivity index (χ1v) is 9.09. The van der Waals surface area contributed by atoms with Gasteiger partial charge in [-0.25, -0.2) is 4.98 Å². The van der Waals surface area contributed by atoms with Gasteiger partial charge in [0.1, 0.15) is 0 Å². The Balaban J connectivity index is 1.49. The van der Waals surface area contributed by atoms with Crippen molar-refractivity contribution in [3.63, 3.8) is 0 Å². The normalized spacial score (nSPS) is 17.0. The smallest absolute Gasteiger partial charge is 0.269 e. The van der Waals surface area contributed by atoms with E-state index in [0.717, 1.165) is 35.9 Å². The van der Waals surface area contributed by atoms with Crippen molar-refractivity contribution in [3.05, 3.63) is 75.7 Å². The van der Waals surface area contributed by atoms with Crippen LogP contribution in [0.4, 0.5) is 10.8 Å². The average molecular weight is 351 g/mol. The molecule has 2 heterocycles. The quantitative estimate of drug-likeness (QED) is 0.504. The Morgan fingerprint density at radius 2 is 1.88 bits per heavy atom. The lowest BCUT2D eigenvalue weighted by Gasteiger charge is -2.15. The molecule has 1 aromatic heterocycles. The van der Waals surface area contributed by atoms with Gasteiger partial charge < -0.3 is 4.90 Å². The van der Waals surface area contributed by atoms with Gasteiger partial charge >= 0.3 is 0 Å². The number of nitro benzene ring substituents is 1. The van der Waals surface area contributed by atoms with Crippen molar-refractivity contribution in [3.8, 4) is 11.3 Å². The van der Waals surface area contributed by atoms with E-state index >= 15 is 0 Å². The van der Waals surface area contributed by atoms with E-state index in [-0.39, 0.29) is 10.6 Å². The van der Waals surface area contributed by atoms with E-state index in [0.29, 0.717) is 5.92 Å². The molecule has 0 aliphatic carbocycles. The van der Waals surface area contributed by atoms with Gasteiger partial charge in [0.25, 0.3) is 5.69 Å². The Kier molecular flexibility index (Phi) is 4.19. The second kappa shape index (κ2) is 6.64. The van der Waals surface area contributed by atoms with Crippen molar-refractivity contribution in [1.82, 2.24) is 4.98 Å². The van der Waals surface area contributed by atoms with Crippen LogP contribution in [0.2, 0.25) is 0 Å². The van der Waals surface area contributed by atoms with E-state index in [1.54, 1.807) is 23.5 Å². The monoisotopic (exact) mass is 351 g/mol. The van der Waals surface area contributed by atoms with Crippen LogP contribution in [0.3, 0.4) is 0 Å². The molecule has 2 aromatic carbocycles. The van der Waals surface area contributed by atoms with Crippen LogP contribution in [0.15, 0.2) is 60.0 Å². The van der Waals surface area contributed by atoms with Crippen LogP contribution >= 0.6 is 11.3 Å². The number of nitrogens with zero attached hydrogens (tertiary/aromatic N) is 3. The van der Waals surface area contributed by atoms with Crippen LogP contribution < -0.4 is 4.90 Å². The maximum Gasteiger partial charge on any atom is 0.269 e. The van der Waals surface area contributed by atoms with Crippen LogP contribution in [0.5, 0.6) is 0 Å². The number of rotatable bonds is 4. The number of thiazole rings is 1. The number of nitro groups is 1. The van der Waals surface area contributed by atoms with E-state index < -0.39 is 0 Å². The van der Waals surface area contributed by atoms with Gasteiger partial charge in [0.05, 0.1) is 10.6 Å². The Labute approximate surface area is 149 Å². The number of non-ortho nitro benzene ring substituents is 1. The third-order valence-electron chi connectivity index (χ3n) is 4.60. The first-order chi connectivity index (χ1) is 12.2. The number of aromatic nitrogens is 1. The largest absolute Gasteiger partial charge is 0.347 e. The lowest BCUT2D eigenvalue weighted by Crippen LogP contribution is -2.18. The second-order valence-corrected chi connectivity index (χ2v) is 7.00. The summed E-state index contributed by atoms with van der Waals surface area (Å²) in [5.74, 6) is 0.549. The standard InChI is InChI=1S/C19H17N3O2S/c23-22(24)17-8-6-15(7-9-17)18-13-25-19(20-18)21-11-10-16(12-21)14-4-2-1-3-5-14/h1-9,13,16H,10-12H2/t16-/m1/s1. The molecule has 126 valence electrons. The third-order valence-corrected chi connectivity index (χ3v) is 5.50. The van der Waals surface area contributed by atoms with E-state index in [1.165, 1.54) is 17.7 Å². The minimum Gasteiger partial charge on any atom is -0.347 e. The van der Waals surface area contributed by atoms with Gasteiger partial charge in [-0.2, -0.15) is 0 Å². The Morgan fingerprint density at radius 3 is 2.60 bits per heavy atom. The first kappa shape index (κ1) is 15.8. The molecular weight excluding hydrogens is 334 g/mol. The Hall–Kier alpha value is -2.73. The number of hydrogen-bond donors (Lipinski definition) is 0. The SMILES string of the molecule is O=[N+]([O-])c1ccc(-c2csc(N3CC[C@@H](c4ccccc4)C3)n2)cc1. The van der Waals surface area contributed by atoms with Crippen LogP contribution in [0.1, 0.15) is 17.9 Å². The summed E-state index contributed by atoms with van der Waals surface area (Å²) in [5, 5.41) is 13.8. The van der Waals surface area contributed by atoms with Crippen molar-refractivity contribution >= 4 is 22.2 Å². The highest BCUT2D eigenvalue weighted by Gasteiger charge is 2.25. The van der Waals surface area contributed by atoms with Crippen molar-refractivity contribution in [2.24, 2.45) is 0 Å². The van der Waals surface area contributed by atoms with Gasteiger partial charge in [0, 0.05) is 42.1 Å². The van der Waals surface area contributed by atoms with Crippen molar-refractivity contribution in [2.45, 2.75) is 12.3 Å². The minimum atomic E-state index is -0.385. The molecule has 1 saturated heterocycles. The molecule has 1 atom stereocenters. The van der Waals surface area contributed by atoms with E-state index in [9.17, 15) is 10.1 Å². The van der Waals surface area contributed by atoms with Gasteiger partial charge in [0.15, 0.2) is 5.13 Å². The third kappa shape index (κ3) is 3.25. The van der Waals surface area contributed by atoms with Gasteiger partial charge in [-0.1, -0.05) is 30.3 Å². The fourth-order valence-electron chi connectivity index (χ4n) is 3.23. The molecule has 4 rings (SSSR count). The fraction of sp³-hybridized carbons (Fsp3) is 0.211.